The van der Waals surface area contributed by atoms with Gasteiger partial charge in [-0.2, -0.15) is 0 Å². The molecule has 1 heterocycles. The first-order valence-corrected chi connectivity index (χ1v) is 9.12. The number of rotatable bonds is 7. The first-order chi connectivity index (χ1) is 11.5. The Kier molecular flexibility index (Phi) is 6.91. The fraction of sp³-hybridized carbons (Fsp3) is 0.632. The molecule has 0 radical (unpaired) electrons. The van der Waals surface area contributed by atoms with Gasteiger partial charge in [0.15, 0.2) is 6.04 Å². The number of hydrogen-bond donors (Lipinski definition) is 2. The summed E-state index contributed by atoms with van der Waals surface area (Å²) in [6.07, 6.45) is 0. The van der Waals surface area contributed by atoms with Crippen molar-refractivity contribution in [3.63, 3.8) is 0 Å². The SMILES string of the molecule is CCOc1ccccc1N1CC[NH+]([C@@H](C)C(=O)NCC(C)C)CC1. The number of piperazine rings is 1. The predicted octanol–water partition coefficient (Wildman–Crippen LogP) is 0.951. The molecular weight excluding hydrogens is 302 g/mol. The fourth-order valence-electron chi connectivity index (χ4n) is 3.11. The summed E-state index contributed by atoms with van der Waals surface area (Å²) in [6.45, 7) is 13.5. The largest absolute Gasteiger partial charge is 0.492 e. The van der Waals surface area contributed by atoms with Gasteiger partial charge in [0.1, 0.15) is 5.75 Å². The van der Waals surface area contributed by atoms with E-state index in [1.165, 1.54) is 4.90 Å². The maximum atomic E-state index is 12.3. The summed E-state index contributed by atoms with van der Waals surface area (Å²) in [7, 11) is 0. The Balaban J connectivity index is 1.90. The summed E-state index contributed by atoms with van der Waals surface area (Å²) >= 11 is 0. The van der Waals surface area contributed by atoms with Crippen molar-refractivity contribution in [2.75, 3.05) is 44.2 Å². The fourth-order valence-corrected chi connectivity index (χ4v) is 3.11. The van der Waals surface area contributed by atoms with Crippen LogP contribution in [-0.4, -0.2) is 51.3 Å². The van der Waals surface area contributed by atoms with Crippen molar-refractivity contribution in [1.29, 1.82) is 0 Å². The summed E-state index contributed by atoms with van der Waals surface area (Å²) < 4.78 is 5.74. The van der Waals surface area contributed by atoms with E-state index >= 15 is 0 Å². The molecule has 1 aliphatic heterocycles. The molecule has 1 aromatic rings. The number of amides is 1. The van der Waals surface area contributed by atoms with Gasteiger partial charge < -0.3 is 19.9 Å². The van der Waals surface area contributed by atoms with Crippen LogP contribution in [0.15, 0.2) is 24.3 Å². The van der Waals surface area contributed by atoms with Crippen molar-refractivity contribution in [3.8, 4) is 5.75 Å². The lowest BCUT2D eigenvalue weighted by Gasteiger charge is -2.36. The van der Waals surface area contributed by atoms with Crippen LogP contribution in [0.1, 0.15) is 27.7 Å². The number of nitrogens with zero attached hydrogens (tertiary/aromatic N) is 1. The normalized spacial score (nSPS) is 17.0. The van der Waals surface area contributed by atoms with Crippen molar-refractivity contribution >= 4 is 11.6 Å². The number of carbonyl (C=O) groups excluding carboxylic acids is 1. The number of quaternary nitrogens is 1. The van der Waals surface area contributed by atoms with Crippen molar-refractivity contribution < 1.29 is 14.4 Å². The van der Waals surface area contributed by atoms with Crippen LogP contribution in [0.2, 0.25) is 0 Å². The van der Waals surface area contributed by atoms with E-state index in [9.17, 15) is 4.79 Å². The van der Waals surface area contributed by atoms with E-state index in [1.54, 1.807) is 0 Å². The second-order valence-electron chi connectivity index (χ2n) is 6.91. The van der Waals surface area contributed by atoms with Crippen LogP contribution < -0.4 is 19.9 Å². The Morgan fingerprint density at radius 2 is 1.92 bits per heavy atom. The lowest BCUT2D eigenvalue weighted by molar-refractivity contribution is -0.914. The molecule has 2 rings (SSSR count). The van der Waals surface area contributed by atoms with Gasteiger partial charge in [-0.15, -0.1) is 0 Å². The molecule has 1 aromatic carbocycles. The molecule has 0 aromatic heterocycles. The number of benzene rings is 1. The highest BCUT2D eigenvalue weighted by Crippen LogP contribution is 2.27. The average molecular weight is 334 g/mol. The zero-order valence-corrected chi connectivity index (χ0v) is 15.5. The van der Waals surface area contributed by atoms with E-state index in [1.807, 2.05) is 26.0 Å². The zero-order valence-electron chi connectivity index (χ0n) is 15.5. The Morgan fingerprint density at radius 3 is 2.54 bits per heavy atom. The van der Waals surface area contributed by atoms with E-state index < -0.39 is 0 Å². The molecule has 1 fully saturated rings. The third-order valence-corrected chi connectivity index (χ3v) is 4.60. The molecule has 5 nitrogen and oxygen atoms in total. The number of para-hydroxylation sites is 2. The van der Waals surface area contributed by atoms with Crippen LogP contribution in [0.25, 0.3) is 0 Å². The summed E-state index contributed by atoms with van der Waals surface area (Å²) in [4.78, 5) is 16.0. The second-order valence-corrected chi connectivity index (χ2v) is 6.91. The number of carbonyl (C=O) groups is 1. The van der Waals surface area contributed by atoms with Gasteiger partial charge in [0, 0.05) is 6.54 Å². The minimum absolute atomic E-state index is 0.00744. The minimum atomic E-state index is 0.00744. The summed E-state index contributed by atoms with van der Waals surface area (Å²) in [5.74, 6) is 1.61. The topological polar surface area (TPSA) is 46.0 Å². The predicted molar refractivity (Wildman–Crippen MR) is 97.8 cm³/mol. The molecule has 1 amide bonds. The maximum absolute atomic E-state index is 12.3. The van der Waals surface area contributed by atoms with E-state index in [-0.39, 0.29) is 11.9 Å². The summed E-state index contributed by atoms with van der Waals surface area (Å²) in [5, 5.41) is 3.05. The quantitative estimate of drug-likeness (QED) is 0.780. The molecule has 24 heavy (non-hydrogen) atoms. The molecule has 0 bridgehead atoms. The smallest absolute Gasteiger partial charge is 0.278 e. The molecule has 5 heteroatoms. The van der Waals surface area contributed by atoms with Crippen molar-refractivity contribution in [2.24, 2.45) is 5.92 Å². The van der Waals surface area contributed by atoms with Gasteiger partial charge in [-0.05, 0) is 31.9 Å². The number of anilines is 1. The highest BCUT2D eigenvalue weighted by molar-refractivity contribution is 5.79. The summed E-state index contributed by atoms with van der Waals surface area (Å²) in [5.41, 5.74) is 1.16. The third-order valence-electron chi connectivity index (χ3n) is 4.60. The maximum Gasteiger partial charge on any atom is 0.278 e. The molecule has 1 aliphatic rings. The van der Waals surface area contributed by atoms with Crippen LogP contribution in [-0.2, 0) is 4.79 Å². The standard InChI is InChI=1S/C19H31N3O2/c1-5-24-18-9-7-6-8-17(18)22-12-10-21(11-13-22)16(4)19(23)20-14-15(2)3/h6-9,15-16H,5,10-14H2,1-4H3,(H,20,23)/p+1/t16-/m0/s1. The molecule has 1 atom stereocenters. The van der Waals surface area contributed by atoms with Crippen molar-refractivity contribution in [2.45, 2.75) is 33.7 Å². The molecule has 0 saturated carbocycles. The van der Waals surface area contributed by atoms with Gasteiger partial charge in [-0.1, -0.05) is 26.0 Å². The number of ether oxygens (including phenoxy) is 1. The second kappa shape index (κ2) is 8.92. The zero-order chi connectivity index (χ0) is 17.5. The number of nitrogens with one attached hydrogen (secondary N) is 2. The van der Waals surface area contributed by atoms with Crippen molar-refractivity contribution in [3.05, 3.63) is 24.3 Å². The minimum Gasteiger partial charge on any atom is -0.492 e. The third kappa shape index (κ3) is 4.87. The Morgan fingerprint density at radius 1 is 1.25 bits per heavy atom. The van der Waals surface area contributed by atoms with Crippen LogP contribution in [0.3, 0.4) is 0 Å². The molecule has 2 N–H and O–H groups in total. The van der Waals surface area contributed by atoms with Gasteiger partial charge in [0.2, 0.25) is 0 Å². The van der Waals surface area contributed by atoms with Gasteiger partial charge in [0.05, 0.1) is 38.5 Å². The molecular formula is C19H32N3O2+. The average Bonchev–Trinajstić information content (AvgIpc) is 2.60. The van der Waals surface area contributed by atoms with Crippen LogP contribution in [0.5, 0.6) is 5.75 Å². The van der Waals surface area contributed by atoms with Gasteiger partial charge in [-0.3, -0.25) is 4.79 Å². The first kappa shape index (κ1) is 18.6. The molecule has 0 unspecified atom stereocenters. The van der Waals surface area contributed by atoms with E-state index in [2.05, 4.69) is 36.2 Å². The monoisotopic (exact) mass is 334 g/mol. The van der Waals surface area contributed by atoms with Gasteiger partial charge in [-0.25, -0.2) is 0 Å². The highest BCUT2D eigenvalue weighted by Gasteiger charge is 2.29. The van der Waals surface area contributed by atoms with Crippen molar-refractivity contribution in [1.82, 2.24) is 5.32 Å². The van der Waals surface area contributed by atoms with Gasteiger partial charge in [0.25, 0.3) is 5.91 Å². The van der Waals surface area contributed by atoms with E-state index in [4.69, 9.17) is 4.74 Å². The van der Waals surface area contributed by atoms with Crippen LogP contribution in [0, 0.1) is 5.92 Å². The highest BCUT2D eigenvalue weighted by atomic mass is 16.5. The van der Waals surface area contributed by atoms with Crippen LogP contribution >= 0.6 is 0 Å². The van der Waals surface area contributed by atoms with Gasteiger partial charge >= 0.3 is 0 Å². The lowest BCUT2D eigenvalue weighted by Crippen LogP contribution is -3.19. The Hall–Kier alpha value is -1.75. The molecule has 0 aliphatic carbocycles. The number of hydrogen-bond acceptors (Lipinski definition) is 3. The van der Waals surface area contributed by atoms with Crippen LogP contribution in [0.4, 0.5) is 5.69 Å². The van der Waals surface area contributed by atoms with E-state index in [0.717, 1.165) is 44.2 Å². The molecule has 1 saturated heterocycles. The molecule has 134 valence electrons. The Bertz CT molecular complexity index is 525. The first-order valence-electron chi connectivity index (χ1n) is 9.12. The lowest BCUT2D eigenvalue weighted by atomic mass is 10.1. The van der Waals surface area contributed by atoms with E-state index in [0.29, 0.717) is 12.5 Å². The molecule has 0 spiro atoms. The summed E-state index contributed by atoms with van der Waals surface area (Å²) in [6, 6.07) is 8.22. The Labute approximate surface area is 146 Å².